The number of ether oxygens (including phenoxy) is 4. The highest BCUT2D eigenvalue weighted by Crippen LogP contribution is 2.29. The summed E-state index contributed by atoms with van der Waals surface area (Å²) >= 11 is 0. The summed E-state index contributed by atoms with van der Waals surface area (Å²) < 4.78 is 22.0. The monoisotopic (exact) mass is 959 g/mol. The molecule has 70 heavy (non-hydrogen) atoms. The lowest BCUT2D eigenvalue weighted by Crippen LogP contribution is -2.28. The zero-order chi connectivity index (χ0) is 51.5. The van der Waals surface area contributed by atoms with Crippen molar-refractivity contribution in [1.82, 2.24) is 10.2 Å². The Balaban J connectivity index is 1.74. The van der Waals surface area contributed by atoms with Crippen molar-refractivity contribution in [1.29, 1.82) is 0 Å². The van der Waals surface area contributed by atoms with Crippen LogP contribution in [0.4, 0.5) is 0 Å². The summed E-state index contributed by atoms with van der Waals surface area (Å²) in [5.41, 5.74) is 15.7. The van der Waals surface area contributed by atoms with Crippen molar-refractivity contribution in [3.8, 4) is 23.0 Å². The maximum Gasteiger partial charge on any atom is 0.161 e. The van der Waals surface area contributed by atoms with Crippen LogP contribution in [0.15, 0.2) is 141 Å². The van der Waals surface area contributed by atoms with Gasteiger partial charge in [-0.2, -0.15) is 0 Å². The molecule has 6 nitrogen and oxygen atoms in total. The number of methoxy groups -OCH3 is 4. The van der Waals surface area contributed by atoms with Crippen molar-refractivity contribution in [2.45, 2.75) is 185 Å². The van der Waals surface area contributed by atoms with E-state index in [4.69, 9.17) is 18.9 Å². The predicted molar refractivity (Wildman–Crippen MR) is 305 cm³/mol. The second-order valence-corrected chi connectivity index (χ2v) is 19.9. The Morgan fingerprint density at radius 1 is 0.400 bits per heavy atom. The van der Waals surface area contributed by atoms with Gasteiger partial charge in [0.2, 0.25) is 0 Å². The molecule has 388 valence electrons. The lowest BCUT2D eigenvalue weighted by molar-refractivity contribution is 0.346. The SMILES string of the molecule is COc1ccc(CNCCN(/C=C(\C)CC/C=C(/C)CC/C=C(\C)CC/C=C(\C)CC/C=C(\C)CC/C=C(/C)CC/C=C(\C)CC/C=C(\C)CCC=C(C)C)Cc2ccc(OC)c(OC)c2)cc1OC. The third-order valence-corrected chi connectivity index (χ3v) is 12.9. The summed E-state index contributed by atoms with van der Waals surface area (Å²) in [5.74, 6) is 2.98. The van der Waals surface area contributed by atoms with Gasteiger partial charge < -0.3 is 29.2 Å². The van der Waals surface area contributed by atoms with E-state index >= 15 is 0 Å². The van der Waals surface area contributed by atoms with E-state index in [-0.39, 0.29) is 0 Å². The first-order valence-electron chi connectivity index (χ1n) is 26.4. The van der Waals surface area contributed by atoms with E-state index in [1.165, 1.54) is 75.0 Å². The highest BCUT2D eigenvalue weighted by molar-refractivity contribution is 5.43. The van der Waals surface area contributed by atoms with Gasteiger partial charge in [0.05, 0.1) is 28.4 Å². The van der Waals surface area contributed by atoms with Crippen molar-refractivity contribution >= 4 is 0 Å². The van der Waals surface area contributed by atoms with E-state index in [0.717, 1.165) is 138 Å². The molecule has 1 N–H and O–H groups in total. The highest BCUT2D eigenvalue weighted by atomic mass is 16.5. The minimum atomic E-state index is 0.741. The summed E-state index contributed by atoms with van der Waals surface area (Å²) in [4.78, 5) is 2.40. The maximum absolute atomic E-state index is 5.61. The third-order valence-electron chi connectivity index (χ3n) is 12.9. The van der Waals surface area contributed by atoms with Gasteiger partial charge in [-0.25, -0.2) is 0 Å². The number of allylic oxidation sites excluding steroid dienone is 17. The maximum atomic E-state index is 5.61. The van der Waals surface area contributed by atoms with Gasteiger partial charge in [0.1, 0.15) is 0 Å². The van der Waals surface area contributed by atoms with Crippen LogP contribution in [-0.2, 0) is 13.1 Å². The molecule has 0 amide bonds. The molecule has 0 saturated heterocycles. The van der Waals surface area contributed by atoms with E-state index in [2.05, 4.69) is 152 Å². The van der Waals surface area contributed by atoms with Crippen LogP contribution in [0.5, 0.6) is 23.0 Å². The van der Waals surface area contributed by atoms with E-state index in [1.807, 2.05) is 18.2 Å². The minimum Gasteiger partial charge on any atom is -0.493 e. The molecule has 2 aromatic rings. The summed E-state index contributed by atoms with van der Waals surface area (Å²) in [6.07, 6.45) is 40.0. The largest absolute Gasteiger partial charge is 0.493 e. The van der Waals surface area contributed by atoms with Crippen molar-refractivity contribution in [3.63, 3.8) is 0 Å². The van der Waals surface area contributed by atoms with Crippen LogP contribution in [0.2, 0.25) is 0 Å². The van der Waals surface area contributed by atoms with E-state index in [1.54, 1.807) is 28.4 Å². The molecule has 0 aliphatic rings. The van der Waals surface area contributed by atoms with Gasteiger partial charge in [0.15, 0.2) is 23.0 Å². The number of hydrogen-bond donors (Lipinski definition) is 1. The van der Waals surface area contributed by atoms with Crippen LogP contribution < -0.4 is 24.3 Å². The van der Waals surface area contributed by atoms with Crippen molar-refractivity contribution < 1.29 is 18.9 Å². The second-order valence-electron chi connectivity index (χ2n) is 19.9. The first kappa shape index (κ1) is 61.2. The van der Waals surface area contributed by atoms with Gasteiger partial charge in [0, 0.05) is 26.2 Å². The highest BCUT2D eigenvalue weighted by Gasteiger charge is 2.10. The average molecular weight is 959 g/mol. The van der Waals surface area contributed by atoms with Crippen LogP contribution >= 0.6 is 0 Å². The van der Waals surface area contributed by atoms with Gasteiger partial charge in [-0.3, -0.25) is 0 Å². The Bertz CT molecular complexity index is 2100. The number of benzene rings is 2. The molecular formula is C64H98N2O4. The average Bonchev–Trinajstić information content (AvgIpc) is 3.32. The van der Waals surface area contributed by atoms with Crippen LogP contribution in [0.25, 0.3) is 0 Å². The summed E-state index contributed by atoms with van der Waals surface area (Å²) in [7, 11) is 6.70. The Labute approximate surface area is 429 Å². The molecule has 2 aromatic carbocycles. The first-order chi connectivity index (χ1) is 33.6. The molecular weight excluding hydrogens is 861 g/mol. The van der Waals surface area contributed by atoms with Crippen molar-refractivity contribution in [2.24, 2.45) is 0 Å². The Kier molecular flexibility index (Phi) is 32.3. The number of rotatable bonds is 36. The Morgan fingerprint density at radius 3 is 1.06 bits per heavy atom. The Morgan fingerprint density at radius 2 is 0.714 bits per heavy atom. The second kappa shape index (κ2) is 36.9. The molecule has 0 aromatic heterocycles. The molecule has 0 unspecified atom stereocenters. The lowest BCUT2D eigenvalue weighted by atomic mass is 10.0. The summed E-state index contributed by atoms with van der Waals surface area (Å²) in [5, 5.41) is 3.62. The normalized spacial score (nSPS) is 13.5. The zero-order valence-corrected chi connectivity index (χ0v) is 46.9. The minimum absolute atomic E-state index is 0.741. The number of nitrogens with zero attached hydrogens (tertiary/aromatic N) is 1. The van der Waals surface area contributed by atoms with E-state index in [0.29, 0.717) is 0 Å². The zero-order valence-electron chi connectivity index (χ0n) is 46.9. The summed E-state index contributed by atoms with van der Waals surface area (Å²) in [6.45, 7) is 25.9. The lowest BCUT2D eigenvalue weighted by Gasteiger charge is -2.23. The molecule has 6 heteroatoms. The van der Waals surface area contributed by atoms with Gasteiger partial charge in [0.25, 0.3) is 0 Å². The third kappa shape index (κ3) is 28.7. The van der Waals surface area contributed by atoms with Gasteiger partial charge in [-0.1, -0.05) is 111 Å². The van der Waals surface area contributed by atoms with E-state index in [9.17, 15) is 0 Å². The number of hydrogen-bond acceptors (Lipinski definition) is 6. The van der Waals surface area contributed by atoms with Gasteiger partial charge in [-0.15, -0.1) is 0 Å². The van der Waals surface area contributed by atoms with Crippen LogP contribution in [-0.4, -0.2) is 46.4 Å². The van der Waals surface area contributed by atoms with Crippen LogP contribution in [0.1, 0.15) is 183 Å². The van der Waals surface area contributed by atoms with Crippen molar-refractivity contribution in [3.05, 3.63) is 152 Å². The fraction of sp³-hybridized carbons (Fsp3) is 0.531. The van der Waals surface area contributed by atoms with Crippen LogP contribution in [0.3, 0.4) is 0 Å². The fourth-order valence-corrected chi connectivity index (χ4v) is 8.35. The summed E-state index contributed by atoms with van der Waals surface area (Å²) in [6, 6.07) is 12.2. The van der Waals surface area contributed by atoms with E-state index < -0.39 is 0 Å². The molecule has 0 bridgehead atoms. The molecule has 0 heterocycles. The molecule has 0 spiro atoms. The fourth-order valence-electron chi connectivity index (χ4n) is 8.35. The van der Waals surface area contributed by atoms with Gasteiger partial charge >= 0.3 is 0 Å². The number of nitrogens with one attached hydrogen (secondary N) is 1. The molecule has 0 aliphatic heterocycles. The molecule has 0 saturated carbocycles. The molecule has 0 aliphatic carbocycles. The van der Waals surface area contributed by atoms with Crippen molar-refractivity contribution in [2.75, 3.05) is 41.5 Å². The molecule has 0 radical (unpaired) electrons. The molecule has 0 fully saturated rings. The quantitative estimate of drug-likeness (QED) is 0.0542. The van der Waals surface area contributed by atoms with Crippen LogP contribution in [0, 0.1) is 0 Å². The Hall–Kier alpha value is -4.94. The molecule has 0 atom stereocenters. The topological polar surface area (TPSA) is 52.2 Å². The molecule has 2 rings (SSSR count). The smallest absolute Gasteiger partial charge is 0.161 e. The van der Waals surface area contributed by atoms with Gasteiger partial charge in [-0.05, 0) is 214 Å². The first-order valence-corrected chi connectivity index (χ1v) is 26.4. The standard InChI is InChI=1S/C64H98N2O4/c1-50(2)23-15-24-51(3)25-16-26-52(4)27-17-28-53(5)29-18-30-54(6)31-19-32-55(7)33-20-34-56(8)35-21-36-57(9)37-22-38-58(10)48-66(49-60-40-42-62(68-12)64(46-60)70-14)44-43-65-47-59-39-41-61(67-11)63(45-59)69-13/h23,25,27,29,31,33,35,37,39-42,45-46,48,65H,15-22,24,26,28,30,32,34,36,38,43-44,47,49H2,1-14H3/b51-25+,52-27+,53-29-,54-31+,55-33+,56-35+,57-37-,58-48+. The predicted octanol–water partition coefficient (Wildman–Crippen LogP) is 18.0.